The van der Waals surface area contributed by atoms with Gasteiger partial charge in [-0.1, -0.05) is 30.3 Å². The highest BCUT2D eigenvalue weighted by molar-refractivity contribution is 7.87. The van der Waals surface area contributed by atoms with Crippen LogP contribution in [-0.2, 0) is 16.5 Å². The third-order valence-electron chi connectivity index (χ3n) is 4.74. The second-order valence-electron chi connectivity index (χ2n) is 6.78. The third kappa shape index (κ3) is 5.81. The molecular weight excluding hydrogens is 353 g/mol. The number of piperidine rings is 1. The molecule has 2 aromatic rings. The third-order valence-corrected chi connectivity index (χ3v) is 5.87. The summed E-state index contributed by atoms with van der Waals surface area (Å²) in [5.41, 5.74) is 1.03. The second kappa shape index (κ2) is 8.64. The molecule has 0 unspecified atom stereocenters. The Labute approximate surface area is 154 Å². The highest BCUT2D eigenvalue weighted by atomic mass is 32.2. The minimum atomic E-state index is -3.58. The Hall–Kier alpha value is -1.92. The molecule has 2 aromatic carbocycles. The van der Waals surface area contributed by atoms with Crippen molar-refractivity contribution in [2.75, 3.05) is 25.4 Å². The van der Waals surface area contributed by atoms with E-state index in [-0.39, 0.29) is 11.6 Å². The number of benzene rings is 2. The average molecular weight is 377 g/mol. The van der Waals surface area contributed by atoms with Gasteiger partial charge in [0.05, 0.1) is 5.75 Å². The number of para-hydroxylation sites is 1. The topological polar surface area (TPSA) is 46.6 Å². The van der Waals surface area contributed by atoms with Crippen molar-refractivity contribution in [3.63, 3.8) is 0 Å². The van der Waals surface area contributed by atoms with Crippen molar-refractivity contribution in [2.24, 2.45) is 5.92 Å². The van der Waals surface area contributed by atoms with Crippen LogP contribution in [0.25, 0.3) is 0 Å². The van der Waals surface area contributed by atoms with Gasteiger partial charge < -0.3 is 9.08 Å². The minimum Gasteiger partial charge on any atom is -0.382 e. The van der Waals surface area contributed by atoms with E-state index in [9.17, 15) is 12.8 Å². The summed E-state index contributed by atoms with van der Waals surface area (Å²) in [5, 5.41) is 0. The minimum absolute atomic E-state index is 0.0174. The number of nitrogens with zero attached hydrogens (tertiary/aromatic N) is 1. The van der Waals surface area contributed by atoms with E-state index < -0.39 is 10.1 Å². The molecule has 1 aliphatic rings. The van der Waals surface area contributed by atoms with Gasteiger partial charge in [-0.05, 0) is 68.1 Å². The Morgan fingerprint density at radius 2 is 1.77 bits per heavy atom. The van der Waals surface area contributed by atoms with Crippen molar-refractivity contribution in [3.05, 3.63) is 66.0 Å². The lowest BCUT2D eigenvalue weighted by atomic mass is 9.90. The number of hydrogen-bond donors (Lipinski definition) is 0. The molecule has 0 N–H and O–H groups in total. The van der Waals surface area contributed by atoms with Gasteiger partial charge in [-0.15, -0.1) is 0 Å². The van der Waals surface area contributed by atoms with E-state index in [1.54, 1.807) is 36.4 Å². The van der Waals surface area contributed by atoms with Crippen molar-refractivity contribution in [1.82, 2.24) is 4.90 Å². The van der Waals surface area contributed by atoms with Gasteiger partial charge in [-0.2, -0.15) is 8.42 Å². The van der Waals surface area contributed by atoms with Gasteiger partial charge in [0, 0.05) is 6.54 Å². The summed E-state index contributed by atoms with van der Waals surface area (Å²) in [6.45, 7) is 2.20. The van der Waals surface area contributed by atoms with E-state index in [2.05, 4.69) is 4.90 Å². The number of rotatable bonds is 7. The summed E-state index contributed by atoms with van der Waals surface area (Å²) in [6.07, 6.45) is 2.87. The van der Waals surface area contributed by atoms with Crippen LogP contribution in [0.4, 0.5) is 4.39 Å². The molecule has 1 aliphatic heterocycles. The maximum atomic E-state index is 13.3. The smallest absolute Gasteiger partial charge is 0.310 e. The fourth-order valence-corrected chi connectivity index (χ4v) is 4.29. The van der Waals surface area contributed by atoms with E-state index in [0.717, 1.165) is 37.9 Å². The fourth-order valence-electron chi connectivity index (χ4n) is 3.32. The largest absolute Gasteiger partial charge is 0.382 e. The predicted molar refractivity (Wildman–Crippen MR) is 100 cm³/mol. The zero-order chi connectivity index (χ0) is 18.4. The number of hydrogen-bond acceptors (Lipinski definition) is 4. The summed E-state index contributed by atoms with van der Waals surface area (Å²) in [7, 11) is -3.58. The first kappa shape index (κ1) is 18.9. The van der Waals surface area contributed by atoms with Gasteiger partial charge in [0.1, 0.15) is 11.6 Å². The van der Waals surface area contributed by atoms with Gasteiger partial charge in [0.2, 0.25) is 0 Å². The summed E-state index contributed by atoms with van der Waals surface area (Å²) in [5.74, 6) is 0.659. The Kier molecular flexibility index (Phi) is 6.27. The van der Waals surface area contributed by atoms with E-state index in [1.165, 1.54) is 6.07 Å². The van der Waals surface area contributed by atoms with Gasteiger partial charge in [0.15, 0.2) is 0 Å². The van der Waals surface area contributed by atoms with E-state index in [1.807, 2.05) is 12.1 Å². The molecule has 0 saturated carbocycles. The number of halogens is 1. The molecule has 0 amide bonds. The molecule has 1 saturated heterocycles. The first-order valence-electron chi connectivity index (χ1n) is 8.94. The van der Waals surface area contributed by atoms with Crippen LogP contribution in [-0.4, -0.2) is 38.7 Å². The summed E-state index contributed by atoms with van der Waals surface area (Å²) >= 11 is 0. The standard InChI is InChI=1S/C20H24FNO3S/c21-19-6-4-5-18(16-19)15-17-9-11-22(12-10-17)13-14-26(23,24)25-20-7-2-1-3-8-20/h1-8,16-17H,9-15H2. The first-order chi connectivity index (χ1) is 12.5. The van der Waals surface area contributed by atoms with Crippen molar-refractivity contribution in [1.29, 1.82) is 0 Å². The van der Waals surface area contributed by atoms with E-state index in [4.69, 9.17) is 4.18 Å². The van der Waals surface area contributed by atoms with Crippen molar-refractivity contribution >= 4 is 10.1 Å². The van der Waals surface area contributed by atoms with Crippen LogP contribution in [0.3, 0.4) is 0 Å². The molecule has 0 atom stereocenters. The molecule has 0 aromatic heterocycles. The predicted octanol–water partition coefficient (Wildman–Crippen LogP) is 3.49. The maximum absolute atomic E-state index is 13.3. The Morgan fingerprint density at radius 3 is 2.46 bits per heavy atom. The molecule has 6 heteroatoms. The molecule has 1 heterocycles. The van der Waals surface area contributed by atoms with Gasteiger partial charge in [0.25, 0.3) is 0 Å². The lowest BCUT2D eigenvalue weighted by Crippen LogP contribution is -2.37. The quantitative estimate of drug-likeness (QED) is 0.693. The van der Waals surface area contributed by atoms with Crippen LogP contribution in [0.2, 0.25) is 0 Å². The van der Waals surface area contributed by atoms with Gasteiger partial charge in [-0.25, -0.2) is 4.39 Å². The molecule has 26 heavy (non-hydrogen) atoms. The summed E-state index contributed by atoms with van der Waals surface area (Å²) < 4.78 is 42.6. The van der Waals surface area contributed by atoms with Crippen molar-refractivity contribution < 1.29 is 17.0 Å². The second-order valence-corrected chi connectivity index (χ2v) is 8.47. The average Bonchev–Trinajstić information content (AvgIpc) is 2.62. The molecular formula is C20H24FNO3S. The fraction of sp³-hybridized carbons (Fsp3) is 0.400. The Morgan fingerprint density at radius 1 is 1.04 bits per heavy atom. The molecule has 0 spiro atoms. The molecule has 4 nitrogen and oxygen atoms in total. The van der Waals surface area contributed by atoms with Crippen LogP contribution in [0, 0.1) is 11.7 Å². The molecule has 140 valence electrons. The highest BCUT2D eigenvalue weighted by Gasteiger charge is 2.22. The SMILES string of the molecule is O=S(=O)(CCN1CCC(Cc2cccc(F)c2)CC1)Oc1ccccc1. The highest BCUT2D eigenvalue weighted by Crippen LogP contribution is 2.22. The molecule has 3 rings (SSSR count). The van der Waals surface area contributed by atoms with Crippen molar-refractivity contribution in [2.45, 2.75) is 19.3 Å². The van der Waals surface area contributed by atoms with Crippen LogP contribution in [0.15, 0.2) is 54.6 Å². The summed E-state index contributed by atoms with van der Waals surface area (Å²) in [4.78, 5) is 2.16. The first-order valence-corrected chi connectivity index (χ1v) is 10.5. The number of likely N-dealkylation sites (tertiary alicyclic amines) is 1. The van der Waals surface area contributed by atoms with E-state index in [0.29, 0.717) is 18.2 Å². The zero-order valence-electron chi connectivity index (χ0n) is 14.7. The van der Waals surface area contributed by atoms with Crippen LogP contribution < -0.4 is 4.18 Å². The lowest BCUT2D eigenvalue weighted by molar-refractivity contribution is 0.192. The molecule has 1 fully saturated rings. The van der Waals surface area contributed by atoms with Crippen LogP contribution in [0.5, 0.6) is 5.75 Å². The van der Waals surface area contributed by atoms with E-state index >= 15 is 0 Å². The van der Waals surface area contributed by atoms with Gasteiger partial charge >= 0.3 is 10.1 Å². The molecule has 0 radical (unpaired) electrons. The van der Waals surface area contributed by atoms with Crippen LogP contribution in [0.1, 0.15) is 18.4 Å². The zero-order valence-corrected chi connectivity index (χ0v) is 15.5. The van der Waals surface area contributed by atoms with Crippen molar-refractivity contribution in [3.8, 4) is 5.75 Å². The molecule has 0 aliphatic carbocycles. The normalized spacial score (nSPS) is 16.5. The Bertz CT molecular complexity index is 803. The molecule has 0 bridgehead atoms. The van der Waals surface area contributed by atoms with Crippen LogP contribution >= 0.6 is 0 Å². The Balaban J connectivity index is 1.42. The summed E-state index contributed by atoms with van der Waals surface area (Å²) in [6, 6.07) is 15.3. The monoisotopic (exact) mass is 377 g/mol. The maximum Gasteiger partial charge on any atom is 0.310 e. The lowest BCUT2D eigenvalue weighted by Gasteiger charge is -2.31. The van der Waals surface area contributed by atoms with Gasteiger partial charge in [-0.3, -0.25) is 0 Å².